The van der Waals surface area contributed by atoms with Crippen LogP contribution in [0.1, 0.15) is 47.7 Å². The van der Waals surface area contributed by atoms with Crippen LogP contribution in [-0.4, -0.2) is 25.1 Å². The summed E-state index contributed by atoms with van der Waals surface area (Å²) in [6.07, 6.45) is 3.76. The van der Waals surface area contributed by atoms with Crippen molar-refractivity contribution < 1.29 is 18.7 Å². The van der Waals surface area contributed by atoms with E-state index >= 15 is 0 Å². The molecule has 5 rings (SSSR count). The summed E-state index contributed by atoms with van der Waals surface area (Å²) in [7, 11) is 3.25. The van der Waals surface area contributed by atoms with Gasteiger partial charge in [0.1, 0.15) is 17.1 Å². The Morgan fingerprint density at radius 3 is 2.79 bits per heavy atom. The highest BCUT2D eigenvalue weighted by Gasteiger charge is 2.26. The minimum atomic E-state index is -0.388. The number of ether oxygens (including phenoxy) is 2. The molecule has 0 saturated heterocycles. The highest BCUT2D eigenvalue weighted by molar-refractivity contribution is 5.87. The normalized spacial score (nSPS) is 15.3. The first-order valence-electron chi connectivity index (χ1n) is 11.6. The molecule has 2 aromatic heterocycles. The predicted octanol–water partition coefficient (Wildman–Crippen LogP) is 4.73. The largest absolute Gasteiger partial charge is 0.497 e. The average Bonchev–Trinajstić information content (AvgIpc) is 3.21. The van der Waals surface area contributed by atoms with E-state index < -0.39 is 0 Å². The SMILES string of the molecule is COc1ccc2[nH]c3c(c2c1)CCC[C@H]3NC(=O)CCc1cc2c(C)cc(=O)oc2cc1OC. The van der Waals surface area contributed by atoms with E-state index in [0.717, 1.165) is 58.1 Å². The van der Waals surface area contributed by atoms with Crippen LogP contribution in [0.25, 0.3) is 21.9 Å². The summed E-state index contributed by atoms with van der Waals surface area (Å²) in [5.41, 5.74) is 5.26. The number of hydrogen-bond acceptors (Lipinski definition) is 5. The smallest absolute Gasteiger partial charge is 0.336 e. The number of amides is 1. The summed E-state index contributed by atoms with van der Waals surface area (Å²) in [4.78, 5) is 28.2. The fourth-order valence-electron chi connectivity index (χ4n) is 5.00. The van der Waals surface area contributed by atoms with E-state index in [0.29, 0.717) is 24.2 Å². The number of methoxy groups -OCH3 is 2. The van der Waals surface area contributed by atoms with E-state index in [1.807, 2.05) is 25.1 Å². The molecule has 1 aliphatic carbocycles. The maximum atomic E-state index is 12.9. The van der Waals surface area contributed by atoms with Gasteiger partial charge in [0.2, 0.25) is 5.91 Å². The van der Waals surface area contributed by atoms with E-state index in [2.05, 4.69) is 16.4 Å². The van der Waals surface area contributed by atoms with Crippen molar-refractivity contribution in [2.24, 2.45) is 0 Å². The van der Waals surface area contributed by atoms with Crippen molar-refractivity contribution in [2.45, 2.75) is 45.1 Å². The maximum Gasteiger partial charge on any atom is 0.336 e. The second-order valence-electron chi connectivity index (χ2n) is 8.85. The van der Waals surface area contributed by atoms with Crippen molar-refractivity contribution in [2.75, 3.05) is 14.2 Å². The standard InChI is InChI=1S/C27H28N2O5/c1-15-11-26(31)34-24-14-23(33-3)16(12-19(15)24)7-10-25(30)28-22-6-4-5-18-20-13-17(32-2)8-9-21(20)29-27(18)22/h8-9,11-14,22,29H,4-7,10H2,1-3H3,(H,28,30)/t22-/m1/s1. The van der Waals surface area contributed by atoms with Gasteiger partial charge in [-0.3, -0.25) is 4.79 Å². The Kier molecular flexibility index (Phi) is 5.77. The summed E-state index contributed by atoms with van der Waals surface area (Å²) in [5.74, 6) is 1.44. The van der Waals surface area contributed by atoms with Crippen molar-refractivity contribution >= 4 is 27.8 Å². The van der Waals surface area contributed by atoms with Gasteiger partial charge in [0.25, 0.3) is 0 Å². The lowest BCUT2D eigenvalue weighted by atomic mass is 9.91. The van der Waals surface area contributed by atoms with Crippen molar-refractivity contribution in [3.05, 3.63) is 69.2 Å². The number of aromatic amines is 1. The second-order valence-corrected chi connectivity index (χ2v) is 8.85. The molecule has 2 N–H and O–H groups in total. The molecule has 0 radical (unpaired) electrons. The lowest BCUT2D eigenvalue weighted by Gasteiger charge is -2.24. The Bertz CT molecular complexity index is 1450. The van der Waals surface area contributed by atoms with E-state index in [1.165, 1.54) is 11.6 Å². The number of aromatic nitrogens is 1. The number of fused-ring (bicyclic) bond motifs is 4. The fraction of sp³-hybridized carbons (Fsp3) is 0.333. The molecule has 7 nitrogen and oxygen atoms in total. The molecule has 1 amide bonds. The zero-order valence-corrected chi connectivity index (χ0v) is 19.6. The molecule has 2 heterocycles. The molecular formula is C27H28N2O5. The molecule has 34 heavy (non-hydrogen) atoms. The topological polar surface area (TPSA) is 93.6 Å². The van der Waals surface area contributed by atoms with Crippen LogP contribution in [0.3, 0.4) is 0 Å². The molecule has 7 heteroatoms. The predicted molar refractivity (Wildman–Crippen MR) is 131 cm³/mol. The van der Waals surface area contributed by atoms with Crippen LogP contribution in [0.5, 0.6) is 11.5 Å². The van der Waals surface area contributed by atoms with E-state index in [9.17, 15) is 9.59 Å². The van der Waals surface area contributed by atoms with Crippen LogP contribution in [0, 0.1) is 6.92 Å². The van der Waals surface area contributed by atoms with Crippen molar-refractivity contribution in [3.63, 3.8) is 0 Å². The summed E-state index contributed by atoms with van der Waals surface area (Å²) in [6.45, 7) is 1.87. The molecule has 1 atom stereocenters. The monoisotopic (exact) mass is 460 g/mol. The first-order chi connectivity index (χ1) is 16.5. The van der Waals surface area contributed by atoms with Gasteiger partial charge < -0.3 is 24.2 Å². The third-order valence-corrected chi connectivity index (χ3v) is 6.72. The minimum Gasteiger partial charge on any atom is -0.497 e. The number of aryl methyl sites for hydroxylation is 3. The van der Waals surface area contributed by atoms with Crippen molar-refractivity contribution in [1.82, 2.24) is 10.3 Å². The molecule has 2 aromatic carbocycles. The Balaban J connectivity index is 1.34. The van der Waals surface area contributed by atoms with Gasteiger partial charge in [0.05, 0.1) is 20.3 Å². The number of carbonyl (C=O) groups is 1. The van der Waals surface area contributed by atoms with Crippen LogP contribution in [0.2, 0.25) is 0 Å². The zero-order chi connectivity index (χ0) is 23.8. The third-order valence-electron chi connectivity index (χ3n) is 6.72. The quantitative estimate of drug-likeness (QED) is 0.406. The molecule has 4 aromatic rings. The molecule has 0 saturated carbocycles. The second kappa shape index (κ2) is 8.89. The van der Waals surface area contributed by atoms with E-state index in [4.69, 9.17) is 13.9 Å². The summed E-state index contributed by atoms with van der Waals surface area (Å²) < 4.78 is 16.2. The summed E-state index contributed by atoms with van der Waals surface area (Å²) >= 11 is 0. The number of nitrogens with one attached hydrogen (secondary N) is 2. The molecule has 0 fully saturated rings. The van der Waals surface area contributed by atoms with Crippen LogP contribution in [0.15, 0.2) is 45.6 Å². The molecule has 0 bridgehead atoms. The number of benzene rings is 2. The van der Waals surface area contributed by atoms with Gasteiger partial charge in [-0.15, -0.1) is 0 Å². The maximum absolute atomic E-state index is 12.9. The van der Waals surface area contributed by atoms with Gasteiger partial charge in [0.15, 0.2) is 0 Å². The summed E-state index contributed by atoms with van der Waals surface area (Å²) in [5, 5.41) is 5.24. The number of rotatable bonds is 6. The van der Waals surface area contributed by atoms with Gasteiger partial charge in [-0.2, -0.15) is 0 Å². The molecule has 0 aliphatic heterocycles. The van der Waals surface area contributed by atoms with Crippen LogP contribution < -0.4 is 20.4 Å². The number of hydrogen-bond donors (Lipinski definition) is 2. The third kappa shape index (κ3) is 4.02. The van der Waals surface area contributed by atoms with Gasteiger partial charge >= 0.3 is 5.63 Å². The molecular weight excluding hydrogens is 432 g/mol. The lowest BCUT2D eigenvalue weighted by Crippen LogP contribution is -2.31. The molecule has 0 spiro atoms. The zero-order valence-electron chi connectivity index (χ0n) is 19.6. The average molecular weight is 461 g/mol. The number of H-pyrrole nitrogens is 1. The highest BCUT2D eigenvalue weighted by Crippen LogP contribution is 2.36. The number of carbonyl (C=O) groups excluding carboxylic acids is 1. The van der Waals surface area contributed by atoms with Gasteiger partial charge in [0, 0.05) is 40.5 Å². The fourth-order valence-corrected chi connectivity index (χ4v) is 5.00. The van der Waals surface area contributed by atoms with E-state index in [1.54, 1.807) is 20.3 Å². The van der Waals surface area contributed by atoms with Gasteiger partial charge in [-0.05, 0) is 73.6 Å². The van der Waals surface area contributed by atoms with Crippen molar-refractivity contribution in [3.8, 4) is 11.5 Å². The van der Waals surface area contributed by atoms with Gasteiger partial charge in [-0.25, -0.2) is 4.79 Å². The van der Waals surface area contributed by atoms with Crippen LogP contribution in [0.4, 0.5) is 0 Å². The highest BCUT2D eigenvalue weighted by atomic mass is 16.5. The molecule has 0 unspecified atom stereocenters. The Morgan fingerprint density at radius 2 is 2.00 bits per heavy atom. The van der Waals surface area contributed by atoms with Gasteiger partial charge in [-0.1, -0.05) is 0 Å². The summed E-state index contributed by atoms with van der Waals surface area (Å²) in [6, 6.07) is 11.1. The van der Waals surface area contributed by atoms with Crippen LogP contribution >= 0.6 is 0 Å². The Labute approximate surface area is 197 Å². The van der Waals surface area contributed by atoms with Crippen molar-refractivity contribution in [1.29, 1.82) is 0 Å². The first kappa shape index (κ1) is 22.1. The Morgan fingerprint density at radius 1 is 1.15 bits per heavy atom. The van der Waals surface area contributed by atoms with E-state index in [-0.39, 0.29) is 17.6 Å². The molecule has 1 aliphatic rings. The molecule has 176 valence electrons. The Hall–Kier alpha value is -3.74. The lowest BCUT2D eigenvalue weighted by molar-refractivity contribution is -0.121. The van der Waals surface area contributed by atoms with Crippen LogP contribution in [-0.2, 0) is 17.6 Å². The first-order valence-corrected chi connectivity index (χ1v) is 11.6. The minimum absolute atomic E-state index is 0.00690.